The summed E-state index contributed by atoms with van der Waals surface area (Å²) in [6.07, 6.45) is 5.25. The zero-order valence-electron chi connectivity index (χ0n) is 10.4. The van der Waals surface area contributed by atoms with E-state index in [0.29, 0.717) is 6.42 Å². The number of Topliss-reactive ketones (excluding diaryl/α,β-unsaturated/α-hetero) is 1. The molecule has 1 aliphatic carbocycles. The molecule has 0 amide bonds. The van der Waals surface area contributed by atoms with E-state index in [1.165, 1.54) is 0 Å². The van der Waals surface area contributed by atoms with Crippen LogP contribution in [-0.4, -0.2) is 28.9 Å². The number of carboxylic acid groups (broad SMARTS) is 1. The standard InChI is InChI=1S/C13H18O5/c1-9(18-13(17)8-7-12(15)16)10-5-3-2-4-6-11(10)14/h7-10H,2-6H2,1H3,(H,15,16). The number of rotatable bonds is 4. The summed E-state index contributed by atoms with van der Waals surface area (Å²) in [6, 6.07) is 0. The number of hydrogen-bond donors (Lipinski definition) is 1. The Morgan fingerprint density at radius 2 is 2.06 bits per heavy atom. The number of carbonyl (C=O) groups excluding carboxylic acids is 2. The molecule has 0 aromatic heterocycles. The Bertz CT molecular complexity index is 358. The van der Waals surface area contributed by atoms with Crippen LogP contribution in [0.5, 0.6) is 0 Å². The monoisotopic (exact) mass is 254 g/mol. The highest BCUT2D eigenvalue weighted by Crippen LogP contribution is 2.24. The predicted molar refractivity (Wildman–Crippen MR) is 63.9 cm³/mol. The van der Waals surface area contributed by atoms with Gasteiger partial charge in [0, 0.05) is 18.6 Å². The van der Waals surface area contributed by atoms with Crippen molar-refractivity contribution in [1.82, 2.24) is 0 Å². The first-order valence-corrected chi connectivity index (χ1v) is 6.15. The van der Waals surface area contributed by atoms with Crippen molar-refractivity contribution < 1.29 is 24.2 Å². The van der Waals surface area contributed by atoms with E-state index in [2.05, 4.69) is 0 Å². The zero-order valence-corrected chi connectivity index (χ0v) is 10.4. The van der Waals surface area contributed by atoms with Crippen molar-refractivity contribution in [3.05, 3.63) is 12.2 Å². The minimum absolute atomic E-state index is 0.134. The van der Waals surface area contributed by atoms with Gasteiger partial charge in [0.25, 0.3) is 0 Å². The van der Waals surface area contributed by atoms with Gasteiger partial charge in [-0.2, -0.15) is 0 Å². The third-order valence-corrected chi connectivity index (χ3v) is 3.08. The average molecular weight is 254 g/mol. The second-order valence-electron chi connectivity index (χ2n) is 4.49. The van der Waals surface area contributed by atoms with Crippen LogP contribution in [0.1, 0.15) is 39.0 Å². The largest absolute Gasteiger partial charge is 0.478 e. The maximum atomic E-state index is 11.8. The number of carbonyl (C=O) groups is 3. The van der Waals surface area contributed by atoms with Crippen LogP contribution >= 0.6 is 0 Å². The predicted octanol–water partition coefficient (Wildman–Crippen LogP) is 1.71. The first-order valence-electron chi connectivity index (χ1n) is 6.15. The Morgan fingerprint density at radius 1 is 1.33 bits per heavy atom. The molecule has 0 aromatic carbocycles. The summed E-state index contributed by atoms with van der Waals surface area (Å²) in [5.41, 5.74) is 0. The number of carboxylic acids is 1. The molecule has 100 valence electrons. The minimum atomic E-state index is -1.20. The van der Waals surface area contributed by atoms with Gasteiger partial charge in [-0.3, -0.25) is 4.79 Å². The molecule has 2 unspecified atom stereocenters. The van der Waals surface area contributed by atoms with E-state index >= 15 is 0 Å². The van der Waals surface area contributed by atoms with Crippen LogP contribution in [0.3, 0.4) is 0 Å². The van der Waals surface area contributed by atoms with E-state index in [1.54, 1.807) is 6.92 Å². The van der Waals surface area contributed by atoms with Crippen molar-refractivity contribution in [1.29, 1.82) is 0 Å². The normalized spacial score (nSPS) is 22.5. The van der Waals surface area contributed by atoms with E-state index in [4.69, 9.17) is 9.84 Å². The summed E-state index contributed by atoms with van der Waals surface area (Å²) < 4.78 is 5.06. The molecule has 0 aliphatic heterocycles. The smallest absolute Gasteiger partial charge is 0.331 e. The molecule has 1 saturated carbocycles. The maximum absolute atomic E-state index is 11.8. The number of hydrogen-bond acceptors (Lipinski definition) is 4. The number of esters is 1. The molecule has 0 spiro atoms. The van der Waals surface area contributed by atoms with Gasteiger partial charge in [0.1, 0.15) is 11.9 Å². The minimum Gasteiger partial charge on any atom is -0.478 e. The average Bonchev–Trinajstić information content (AvgIpc) is 2.51. The summed E-state index contributed by atoms with van der Waals surface area (Å²) in [7, 11) is 0. The second-order valence-corrected chi connectivity index (χ2v) is 4.49. The fourth-order valence-electron chi connectivity index (χ4n) is 2.13. The summed E-state index contributed by atoms with van der Waals surface area (Å²) in [5.74, 6) is -2.04. The van der Waals surface area contributed by atoms with Gasteiger partial charge in [-0.1, -0.05) is 12.8 Å². The lowest BCUT2D eigenvalue weighted by Crippen LogP contribution is -2.29. The highest BCUT2D eigenvalue weighted by Gasteiger charge is 2.28. The summed E-state index contributed by atoms with van der Waals surface area (Å²) >= 11 is 0. The molecular weight excluding hydrogens is 236 g/mol. The van der Waals surface area contributed by atoms with E-state index in [-0.39, 0.29) is 11.7 Å². The first-order chi connectivity index (χ1) is 8.50. The maximum Gasteiger partial charge on any atom is 0.331 e. The van der Waals surface area contributed by atoms with Crippen LogP contribution in [0.4, 0.5) is 0 Å². The molecule has 1 fully saturated rings. The van der Waals surface area contributed by atoms with Crippen LogP contribution in [0.2, 0.25) is 0 Å². The van der Waals surface area contributed by atoms with Gasteiger partial charge < -0.3 is 9.84 Å². The SMILES string of the molecule is CC(OC(=O)C=CC(=O)O)C1CCCCCC1=O. The van der Waals surface area contributed by atoms with Crippen LogP contribution < -0.4 is 0 Å². The van der Waals surface area contributed by atoms with Crippen LogP contribution in [0.15, 0.2) is 12.2 Å². The van der Waals surface area contributed by atoms with Crippen molar-refractivity contribution in [2.75, 3.05) is 0 Å². The zero-order chi connectivity index (χ0) is 13.5. The topological polar surface area (TPSA) is 80.7 Å². The fraction of sp³-hybridized carbons (Fsp3) is 0.615. The lowest BCUT2D eigenvalue weighted by Gasteiger charge is -2.20. The van der Waals surface area contributed by atoms with E-state index < -0.39 is 18.0 Å². The van der Waals surface area contributed by atoms with Gasteiger partial charge in [-0.15, -0.1) is 0 Å². The Hall–Kier alpha value is -1.65. The molecule has 0 radical (unpaired) electrons. The second kappa shape index (κ2) is 6.93. The molecular formula is C13H18O5. The van der Waals surface area contributed by atoms with Gasteiger partial charge in [-0.05, 0) is 19.8 Å². The number of ether oxygens (including phenoxy) is 1. The quantitative estimate of drug-likeness (QED) is 0.469. The van der Waals surface area contributed by atoms with Gasteiger partial charge in [0.05, 0.1) is 5.92 Å². The Kier molecular flexibility index (Phi) is 5.55. The molecule has 0 bridgehead atoms. The molecule has 1 N–H and O–H groups in total. The van der Waals surface area contributed by atoms with Gasteiger partial charge in [0.15, 0.2) is 0 Å². The van der Waals surface area contributed by atoms with Crippen molar-refractivity contribution in [3.8, 4) is 0 Å². The number of aliphatic carboxylic acids is 1. The fourth-order valence-corrected chi connectivity index (χ4v) is 2.13. The third kappa shape index (κ3) is 4.69. The van der Waals surface area contributed by atoms with Crippen LogP contribution in [0, 0.1) is 5.92 Å². The molecule has 18 heavy (non-hydrogen) atoms. The summed E-state index contributed by atoms with van der Waals surface area (Å²) in [4.78, 5) is 33.3. The summed E-state index contributed by atoms with van der Waals surface area (Å²) in [5, 5.41) is 8.38. The Labute approximate surface area is 106 Å². The molecule has 5 heteroatoms. The highest BCUT2D eigenvalue weighted by atomic mass is 16.5. The highest BCUT2D eigenvalue weighted by molar-refractivity contribution is 5.91. The molecule has 0 aromatic rings. The van der Waals surface area contributed by atoms with Gasteiger partial charge in [-0.25, -0.2) is 9.59 Å². The van der Waals surface area contributed by atoms with Crippen LogP contribution in [0.25, 0.3) is 0 Å². The third-order valence-electron chi connectivity index (χ3n) is 3.08. The molecule has 2 atom stereocenters. The lowest BCUT2D eigenvalue weighted by atomic mass is 9.94. The Balaban J connectivity index is 2.52. The molecule has 1 aliphatic rings. The first kappa shape index (κ1) is 14.4. The number of ketones is 1. The van der Waals surface area contributed by atoms with Gasteiger partial charge >= 0.3 is 11.9 Å². The molecule has 0 saturated heterocycles. The van der Waals surface area contributed by atoms with Crippen molar-refractivity contribution in [2.24, 2.45) is 5.92 Å². The molecule has 5 nitrogen and oxygen atoms in total. The Morgan fingerprint density at radius 3 is 2.72 bits per heavy atom. The van der Waals surface area contributed by atoms with Crippen molar-refractivity contribution in [2.45, 2.75) is 45.1 Å². The molecule has 1 rings (SSSR count). The van der Waals surface area contributed by atoms with Crippen LogP contribution in [-0.2, 0) is 19.1 Å². The van der Waals surface area contributed by atoms with E-state index in [1.807, 2.05) is 0 Å². The van der Waals surface area contributed by atoms with Crippen molar-refractivity contribution in [3.63, 3.8) is 0 Å². The van der Waals surface area contributed by atoms with E-state index in [9.17, 15) is 14.4 Å². The van der Waals surface area contributed by atoms with Crippen molar-refractivity contribution >= 4 is 17.7 Å². The molecule has 0 heterocycles. The van der Waals surface area contributed by atoms with Gasteiger partial charge in [0.2, 0.25) is 0 Å². The lowest BCUT2D eigenvalue weighted by molar-refractivity contribution is -0.147. The van der Waals surface area contributed by atoms with E-state index in [0.717, 1.165) is 37.8 Å². The summed E-state index contributed by atoms with van der Waals surface area (Å²) in [6.45, 7) is 1.68.